The zero-order valence-electron chi connectivity index (χ0n) is 12.8. The van der Waals surface area contributed by atoms with Crippen molar-refractivity contribution in [2.75, 3.05) is 24.6 Å². The average molecular weight is 336 g/mol. The molecule has 1 aromatic carbocycles. The van der Waals surface area contributed by atoms with E-state index in [2.05, 4.69) is 4.98 Å². The molecule has 2 heterocycles. The van der Waals surface area contributed by atoms with Gasteiger partial charge in [-0.3, -0.25) is 9.78 Å². The van der Waals surface area contributed by atoms with Gasteiger partial charge in [0.1, 0.15) is 11.1 Å². The molecule has 1 N–H and O–H groups in total. The number of hydrogen-bond donors (Lipinski definition) is 1. The number of ether oxygens (including phenoxy) is 1. The summed E-state index contributed by atoms with van der Waals surface area (Å²) in [4.78, 5) is 28.6. The second-order valence-electron chi connectivity index (χ2n) is 5.44. The van der Waals surface area contributed by atoms with E-state index < -0.39 is 29.5 Å². The number of hydrogen-bond acceptors (Lipinski definition) is 5. The van der Waals surface area contributed by atoms with Crippen LogP contribution in [0.2, 0.25) is 0 Å². The first-order chi connectivity index (χ1) is 11.4. The molecule has 3 rings (SSSR count). The number of esters is 1. The van der Waals surface area contributed by atoms with E-state index in [9.17, 15) is 18.4 Å². The van der Waals surface area contributed by atoms with Gasteiger partial charge in [-0.15, -0.1) is 0 Å². The van der Waals surface area contributed by atoms with Crippen molar-refractivity contribution in [3.8, 4) is 0 Å². The van der Waals surface area contributed by atoms with Crippen LogP contribution in [0.25, 0.3) is 10.9 Å². The number of carbonyl (C=O) groups is 2. The first-order valence-electron chi connectivity index (χ1n) is 7.35. The van der Waals surface area contributed by atoms with E-state index in [-0.39, 0.29) is 36.2 Å². The fourth-order valence-electron chi connectivity index (χ4n) is 2.71. The van der Waals surface area contributed by atoms with Gasteiger partial charge in [0.25, 0.3) is 0 Å². The van der Waals surface area contributed by atoms with Gasteiger partial charge in [-0.05, 0) is 19.1 Å². The summed E-state index contributed by atoms with van der Waals surface area (Å²) in [7, 11) is 0. The lowest BCUT2D eigenvalue weighted by Crippen LogP contribution is -2.51. The first kappa shape index (κ1) is 16.1. The summed E-state index contributed by atoms with van der Waals surface area (Å²) in [6.07, 6.45) is 1.13. The Balaban J connectivity index is 2.14. The lowest BCUT2D eigenvalue weighted by Gasteiger charge is -2.39. The number of aromatic nitrogens is 1. The summed E-state index contributed by atoms with van der Waals surface area (Å²) in [5.74, 6) is -4.32. The minimum Gasteiger partial charge on any atom is -0.481 e. The fraction of sp³-hybridized carbons (Fsp3) is 0.312. The maximum Gasteiger partial charge on any atom is 0.341 e. The Labute approximate surface area is 135 Å². The zero-order valence-corrected chi connectivity index (χ0v) is 12.8. The molecule has 24 heavy (non-hydrogen) atoms. The third-order valence-electron chi connectivity index (χ3n) is 3.94. The third-order valence-corrected chi connectivity index (χ3v) is 3.94. The van der Waals surface area contributed by atoms with Crippen molar-refractivity contribution >= 4 is 28.5 Å². The SMILES string of the molecule is CCOC(=O)c1cnc2c(F)c(F)ccc2c1N1CC(C(=O)O)C1. The van der Waals surface area contributed by atoms with Crippen LogP contribution in [0.15, 0.2) is 18.3 Å². The monoisotopic (exact) mass is 336 g/mol. The minimum absolute atomic E-state index is 0.0965. The van der Waals surface area contributed by atoms with Crippen LogP contribution in [0.1, 0.15) is 17.3 Å². The van der Waals surface area contributed by atoms with Crippen LogP contribution in [0.3, 0.4) is 0 Å². The standard InChI is InChI=1S/C16H14F2N2O4/c1-2-24-16(23)10-5-19-13-9(3-4-11(17)12(13)18)14(10)20-6-8(7-20)15(21)22/h3-5,8H,2,6-7H2,1H3,(H,21,22). The molecule has 8 heteroatoms. The normalized spacial score (nSPS) is 14.5. The second-order valence-corrected chi connectivity index (χ2v) is 5.44. The Hall–Kier alpha value is -2.77. The summed E-state index contributed by atoms with van der Waals surface area (Å²) in [6, 6.07) is 2.28. The molecule has 126 valence electrons. The van der Waals surface area contributed by atoms with E-state index in [1.807, 2.05) is 0 Å². The van der Waals surface area contributed by atoms with Gasteiger partial charge < -0.3 is 14.7 Å². The number of anilines is 1. The number of aliphatic carboxylic acids is 1. The summed E-state index contributed by atoms with van der Waals surface area (Å²) < 4.78 is 32.4. The topological polar surface area (TPSA) is 79.7 Å². The molecule has 0 radical (unpaired) electrons. The highest BCUT2D eigenvalue weighted by Crippen LogP contribution is 2.36. The molecule has 0 bridgehead atoms. The Morgan fingerprint density at radius 1 is 1.38 bits per heavy atom. The van der Waals surface area contributed by atoms with E-state index in [4.69, 9.17) is 9.84 Å². The van der Waals surface area contributed by atoms with Crippen molar-refractivity contribution < 1.29 is 28.2 Å². The van der Waals surface area contributed by atoms with Crippen LogP contribution in [0.5, 0.6) is 0 Å². The van der Waals surface area contributed by atoms with Crippen molar-refractivity contribution in [1.29, 1.82) is 0 Å². The quantitative estimate of drug-likeness (QED) is 0.863. The van der Waals surface area contributed by atoms with Gasteiger partial charge in [0.15, 0.2) is 11.6 Å². The van der Waals surface area contributed by atoms with Crippen LogP contribution < -0.4 is 4.90 Å². The molecule has 0 unspecified atom stereocenters. The number of carboxylic acid groups (broad SMARTS) is 1. The van der Waals surface area contributed by atoms with Crippen LogP contribution in [-0.2, 0) is 9.53 Å². The number of benzene rings is 1. The van der Waals surface area contributed by atoms with E-state index in [1.165, 1.54) is 6.07 Å². The number of nitrogens with zero attached hydrogens (tertiary/aromatic N) is 2. The van der Waals surface area contributed by atoms with Gasteiger partial charge in [0, 0.05) is 24.7 Å². The number of carbonyl (C=O) groups excluding carboxylic acids is 1. The van der Waals surface area contributed by atoms with Crippen LogP contribution in [-0.4, -0.2) is 41.7 Å². The Morgan fingerprint density at radius 3 is 2.71 bits per heavy atom. The average Bonchev–Trinajstić information content (AvgIpc) is 2.49. The fourth-order valence-corrected chi connectivity index (χ4v) is 2.71. The largest absolute Gasteiger partial charge is 0.481 e. The molecule has 0 amide bonds. The zero-order chi connectivity index (χ0) is 17.4. The van der Waals surface area contributed by atoms with Crippen molar-refractivity contribution in [3.63, 3.8) is 0 Å². The number of rotatable bonds is 4. The number of halogens is 2. The second kappa shape index (κ2) is 6.03. The maximum absolute atomic E-state index is 14.0. The van der Waals surface area contributed by atoms with E-state index in [1.54, 1.807) is 11.8 Å². The molecule has 1 aromatic heterocycles. The molecule has 0 aliphatic carbocycles. The summed E-state index contributed by atoms with van der Waals surface area (Å²) >= 11 is 0. The smallest absolute Gasteiger partial charge is 0.341 e. The van der Waals surface area contributed by atoms with Gasteiger partial charge >= 0.3 is 11.9 Å². The third kappa shape index (κ3) is 2.53. The first-order valence-corrected chi connectivity index (χ1v) is 7.35. The Bertz CT molecular complexity index is 834. The molecular weight excluding hydrogens is 322 g/mol. The Morgan fingerprint density at radius 2 is 2.08 bits per heavy atom. The van der Waals surface area contributed by atoms with Crippen LogP contribution in [0.4, 0.5) is 14.5 Å². The van der Waals surface area contributed by atoms with Crippen molar-refractivity contribution in [3.05, 3.63) is 35.5 Å². The Kier molecular flexibility index (Phi) is 4.04. The van der Waals surface area contributed by atoms with Crippen LogP contribution in [0, 0.1) is 17.6 Å². The molecule has 6 nitrogen and oxygen atoms in total. The molecular formula is C16H14F2N2O4. The molecule has 1 fully saturated rings. The predicted octanol–water partition coefficient (Wildman–Crippen LogP) is 2.21. The highest BCUT2D eigenvalue weighted by Gasteiger charge is 2.36. The lowest BCUT2D eigenvalue weighted by molar-refractivity contribution is -0.142. The summed E-state index contributed by atoms with van der Waals surface area (Å²) in [6.45, 7) is 2.12. The summed E-state index contributed by atoms with van der Waals surface area (Å²) in [5, 5.41) is 9.25. The van der Waals surface area contributed by atoms with Gasteiger partial charge in [-0.25, -0.2) is 13.6 Å². The predicted molar refractivity (Wildman–Crippen MR) is 81.0 cm³/mol. The van der Waals surface area contributed by atoms with Gasteiger partial charge in [0.2, 0.25) is 0 Å². The molecule has 2 aromatic rings. The van der Waals surface area contributed by atoms with E-state index in [0.29, 0.717) is 5.69 Å². The van der Waals surface area contributed by atoms with Gasteiger partial charge in [-0.2, -0.15) is 0 Å². The highest BCUT2D eigenvalue weighted by molar-refractivity contribution is 6.06. The molecule has 1 aliphatic heterocycles. The molecule has 0 spiro atoms. The van der Waals surface area contributed by atoms with Gasteiger partial charge in [0.05, 0.1) is 18.2 Å². The molecule has 1 aliphatic rings. The molecule has 0 saturated carbocycles. The van der Waals surface area contributed by atoms with Crippen molar-refractivity contribution in [2.24, 2.45) is 5.92 Å². The van der Waals surface area contributed by atoms with Crippen molar-refractivity contribution in [1.82, 2.24) is 4.98 Å². The van der Waals surface area contributed by atoms with Crippen LogP contribution >= 0.6 is 0 Å². The molecule has 0 atom stereocenters. The number of carboxylic acids is 1. The van der Waals surface area contributed by atoms with Crippen molar-refractivity contribution in [2.45, 2.75) is 6.92 Å². The molecule has 1 saturated heterocycles. The number of pyridine rings is 1. The van der Waals surface area contributed by atoms with E-state index in [0.717, 1.165) is 12.3 Å². The highest BCUT2D eigenvalue weighted by atomic mass is 19.2. The number of fused-ring (bicyclic) bond motifs is 1. The van der Waals surface area contributed by atoms with Gasteiger partial charge in [-0.1, -0.05) is 0 Å². The minimum atomic E-state index is -1.11. The van der Waals surface area contributed by atoms with E-state index >= 15 is 0 Å². The lowest BCUT2D eigenvalue weighted by atomic mass is 9.96. The summed E-state index contributed by atoms with van der Waals surface area (Å²) in [5.41, 5.74) is 0.200. The maximum atomic E-state index is 14.0.